The van der Waals surface area contributed by atoms with Crippen LogP contribution in [0.5, 0.6) is 0 Å². The van der Waals surface area contributed by atoms with E-state index in [1.807, 2.05) is 0 Å². The van der Waals surface area contributed by atoms with E-state index < -0.39 is 0 Å². The van der Waals surface area contributed by atoms with Crippen LogP contribution < -0.4 is 16.6 Å². The van der Waals surface area contributed by atoms with Gasteiger partial charge < -0.3 is 5.73 Å². The molecule has 2 atom stereocenters. The predicted octanol–water partition coefficient (Wildman–Crippen LogP) is 2.99. The lowest BCUT2D eigenvalue weighted by atomic mass is 9.83. The summed E-state index contributed by atoms with van der Waals surface area (Å²) in [6.45, 7) is 0.757. The summed E-state index contributed by atoms with van der Waals surface area (Å²) in [7, 11) is 0. The fourth-order valence-corrected chi connectivity index (χ4v) is 3.67. The number of nitrogens with one attached hydrogen (secondary N) is 2. The Hall–Kier alpha value is -0.900. The van der Waals surface area contributed by atoms with Crippen molar-refractivity contribution in [2.45, 2.75) is 62.9 Å². The van der Waals surface area contributed by atoms with E-state index in [0.29, 0.717) is 12.1 Å². The van der Waals surface area contributed by atoms with Crippen LogP contribution in [0.25, 0.3) is 0 Å². The molecule has 0 spiro atoms. The number of rotatable bonds is 4. The van der Waals surface area contributed by atoms with Gasteiger partial charge in [-0.3, -0.25) is 10.9 Å². The lowest BCUT2D eigenvalue weighted by Gasteiger charge is -2.22. The minimum atomic E-state index is 0.437. The highest BCUT2D eigenvalue weighted by Gasteiger charge is 2.24. The number of nitrogens with two attached hydrogens (primary N) is 1. The van der Waals surface area contributed by atoms with Gasteiger partial charge in [-0.1, -0.05) is 43.5 Å². The molecule has 0 bridgehead atoms. The summed E-state index contributed by atoms with van der Waals surface area (Å²) in [5, 5.41) is 0. The first kappa shape index (κ1) is 14.1. The molecular weight excluding hydrogens is 246 g/mol. The molecule has 1 saturated heterocycles. The van der Waals surface area contributed by atoms with E-state index in [0.717, 1.165) is 25.3 Å². The standard InChI is InChI=1S/C17H27N3/c18-11-10-16-12-17(20-19-16)15-8-6-14(7-9-15)13-4-2-1-3-5-13/h6-9,13,16-17,19-20H,1-5,10-12,18H2. The molecule has 1 aromatic carbocycles. The number of hydrazine groups is 1. The van der Waals surface area contributed by atoms with Crippen LogP contribution in [0.4, 0.5) is 0 Å². The van der Waals surface area contributed by atoms with Crippen molar-refractivity contribution < 1.29 is 0 Å². The molecule has 1 saturated carbocycles. The van der Waals surface area contributed by atoms with Gasteiger partial charge in [0.05, 0.1) is 0 Å². The average molecular weight is 273 g/mol. The topological polar surface area (TPSA) is 50.1 Å². The van der Waals surface area contributed by atoms with Crippen LogP contribution in [0, 0.1) is 0 Å². The molecule has 3 heteroatoms. The van der Waals surface area contributed by atoms with E-state index in [2.05, 4.69) is 35.1 Å². The van der Waals surface area contributed by atoms with Crippen molar-refractivity contribution in [3.63, 3.8) is 0 Å². The highest BCUT2D eigenvalue weighted by Crippen LogP contribution is 2.33. The molecule has 20 heavy (non-hydrogen) atoms. The fourth-order valence-electron chi connectivity index (χ4n) is 3.67. The molecule has 1 aliphatic heterocycles. The zero-order valence-electron chi connectivity index (χ0n) is 12.3. The maximum Gasteiger partial charge on any atom is 0.0477 e. The average Bonchev–Trinajstić information content (AvgIpc) is 2.97. The first-order valence-corrected chi connectivity index (χ1v) is 8.18. The third kappa shape index (κ3) is 3.22. The minimum absolute atomic E-state index is 0.437. The number of benzene rings is 1. The Labute approximate surface area is 122 Å². The first-order chi connectivity index (χ1) is 9.86. The van der Waals surface area contributed by atoms with Gasteiger partial charge in [0, 0.05) is 12.1 Å². The monoisotopic (exact) mass is 273 g/mol. The summed E-state index contributed by atoms with van der Waals surface area (Å²) in [5.74, 6) is 0.803. The maximum absolute atomic E-state index is 5.63. The van der Waals surface area contributed by atoms with Gasteiger partial charge in [-0.05, 0) is 49.3 Å². The molecular formula is C17H27N3. The second-order valence-electron chi connectivity index (χ2n) is 6.35. The van der Waals surface area contributed by atoms with Crippen LogP contribution in [0.15, 0.2) is 24.3 Å². The zero-order valence-corrected chi connectivity index (χ0v) is 12.3. The van der Waals surface area contributed by atoms with Gasteiger partial charge in [0.1, 0.15) is 0 Å². The number of hydrogen-bond donors (Lipinski definition) is 3. The maximum atomic E-state index is 5.63. The third-order valence-corrected chi connectivity index (χ3v) is 4.91. The van der Waals surface area contributed by atoms with Crippen molar-refractivity contribution >= 4 is 0 Å². The van der Waals surface area contributed by atoms with E-state index in [1.54, 1.807) is 0 Å². The smallest absolute Gasteiger partial charge is 0.0477 e. The van der Waals surface area contributed by atoms with Gasteiger partial charge in [-0.15, -0.1) is 0 Å². The Morgan fingerprint density at radius 1 is 0.950 bits per heavy atom. The second kappa shape index (κ2) is 6.70. The van der Waals surface area contributed by atoms with E-state index in [9.17, 15) is 0 Å². The highest BCUT2D eigenvalue weighted by molar-refractivity contribution is 5.28. The van der Waals surface area contributed by atoms with Gasteiger partial charge in [-0.25, -0.2) is 0 Å². The van der Waals surface area contributed by atoms with Crippen molar-refractivity contribution in [2.24, 2.45) is 5.73 Å². The Bertz CT molecular complexity index is 409. The summed E-state index contributed by atoms with van der Waals surface area (Å²) < 4.78 is 0. The summed E-state index contributed by atoms with van der Waals surface area (Å²) in [6.07, 6.45) is 9.17. The summed E-state index contributed by atoms with van der Waals surface area (Å²) in [5.41, 5.74) is 15.3. The van der Waals surface area contributed by atoms with Crippen molar-refractivity contribution in [2.75, 3.05) is 6.54 Å². The largest absolute Gasteiger partial charge is 0.330 e. The lowest BCUT2D eigenvalue weighted by molar-refractivity contribution is 0.443. The minimum Gasteiger partial charge on any atom is -0.330 e. The molecule has 1 aliphatic carbocycles. The predicted molar refractivity (Wildman–Crippen MR) is 83.4 cm³/mol. The Morgan fingerprint density at radius 3 is 2.35 bits per heavy atom. The highest BCUT2D eigenvalue weighted by atomic mass is 15.4. The van der Waals surface area contributed by atoms with Crippen LogP contribution in [0.2, 0.25) is 0 Å². The molecule has 4 N–H and O–H groups in total. The Balaban J connectivity index is 1.61. The summed E-state index contributed by atoms with van der Waals surface area (Å²) >= 11 is 0. The Kier molecular flexibility index (Phi) is 4.71. The van der Waals surface area contributed by atoms with Crippen molar-refractivity contribution in [1.29, 1.82) is 0 Å². The second-order valence-corrected chi connectivity index (χ2v) is 6.35. The SMILES string of the molecule is NCCC1CC(c2ccc(C3CCCCC3)cc2)NN1. The van der Waals surface area contributed by atoms with Gasteiger partial charge in [0.2, 0.25) is 0 Å². The van der Waals surface area contributed by atoms with Gasteiger partial charge >= 0.3 is 0 Å². The first-order valence-electron chi connectivity index (χ1n) is 8.18. The van der Waals surface area contributed by atoms with Crippen LogP contribution in [-0.2, 0) is 0 Å². The number of hydrogen-bond acceptors (Lipinski definition) is 3. The van der Waals surface area contributed by atoms with Crippen molar-refractivity contribution in [1.82, 2.24) is 10.9 Å². The lowest BCUT2D eigenvalue weighted by Crippen LogP contribution is -2.32. The van der Waals surface area contributed by atoms with Crippen molar-refractivity contribution in [3.05, 3.63) is 35.4 Å². The van der Waals surface area contributed by atoms with E-state index in [4.69, 9.17) is 5.73 Å². The van der Waals surface area contributed by atoms with Gasteiger partial charge in [0.15, 0.2) is 0 Å². The molecule has 2 unspecified atom stereocenters. The molecule has 3 rings (SSSR count). The molecule has 1 heterocycles. The van der Waals surface area contributed by atoms with E-state index in [-0.39, 0.29) is 0 Å². The van der Waals surface area contributed by atoms with Crippen LogP contribution in [0.1, 0.15) is 68.0 Å². The normalized spacial score (nSPS) is 27.9. The summed E-state index contributed by atoms with van der Waals surface area (Å²) in [4.78, 5) is 0. The Morgan fingerprint density at radius 2 is 1.65 bits per heavy atom. The third-order valence-electron chi connectivity index (χ3n) is 4.91. The molecule has 2 aliphatic rings. The zero-order chi connectivity index (χ0) is 13.8. The van der Waals surface area contributed by atoms with Crippen LogP contribution in [0.3, 0.4) is 0 Å². The van der Waals surface area contributed by atoms with Crippen LogP contribution in [-0.4, -0.2) is 12.6 Å². The fraction of sp³-hybridized carbons (Fsp3) is 0.647. The molecule has 0 radical (unpaired) electrons. The molecule has 0 aromatic heterocycles. The van der Waals surface area contributed by atoms with E-state index in [1.165, 1.54) is 43.2 Å². The van der Waals surface area contributed by atoms with Gasteiger partial charge in [0.25, 0.3) is 0 Å². The molecule has 110 valence electrons. The molecule has 3 nitrogen and oxygen atoms in total. The molecule has 0 amide bonds. The van der Waals surface area contributed by atoms with Crippen molar-refractivity contribution in [3.8, 4) is 0 Å². The summed E-state index contributed by atoms with van der Waals surface area (Å²) in [6, 6.07) is 10.3. The van der Waals surface area contributed by atoms with Crippen LogP contribution >= 0.6 is 0 Å². The van der Waals surface area contributed by atoms with E-state index >= 15 is 0 Å². The quantitative estimate of drug-likeness (QED) is 0.790. The molecule has 1 aromatic rings. The molecule has 2 fully saturated rings. The van der Waals surface area contributed by atoms with Gasteiger partial charge in [-0.2, -0.15) is 0 Å².